The molecule has 3 aromatic rings. The highest BCUT2D eigenvalue weighted by Gasteiger charge is 2.53. The van der Waals surface area contributed by atoms with Gasteiger partial charge >= 0.3 is 11.9 Å². The Bertz CT molecular complexity index is 1280. The number of para-hydroxylation sites is 1. The van der Waals surface area contributed by atoms with E-state index in [9.17, 15) is 19.7 Å². The van der Waals surface area contributed by atoms with E-state index < -0.39 is 34.4 Å². The largest absolute Gasteiger partial charge is 0.466 e. The van der Waals surface area contributed by atoms with Crippen LogP contribution in [0.1, 0.15) is 33.3 Å². The number of rotatable bonds is 8. The second-order valence-corrected chi connectivity index (χ2v) is 9.63. The lowest BCUT2D eigenvalue weighted by atomic mass is 9.70. The van der Waals surface area contributed by atoms with Gasteiger partial charge in [0.25, 0.3) is 5.69 Å². The van der Waals surface area contributed by atoms with Crippen molar-refractivity contribution in [3.8, 4) is 0 Å². The monoisotopic (exact) mass is 552 g/mol. The van der Waals surface area contributed by atoms with Gasteiger partial charge in [-0.15, -0.1) is 11.3 Å². The number of allylic oxidation sites excluding steroid dienone is 1. The second kappa shape index (κ2) is 13.5. The van der Waals surface area contributed by atoms with Gasteiger partial charge in [0, 0.05) is 29.4 Å². The zero-order valence-electron chi connectivity index (χ0n) is 22.2. The molecule has 0 fully saturated rings. The van der Waals surface area contributed by atoms with Crippen LogP contribution in [0.25, 0.3) is 0 Å². The third-order valence-electron chi connectivity index (χ3n) is 6.21. The van der Waals surface area contributed by atoms with Crippen molar-refractivity contribution in [2.75, 3.05) is 18.5 Å². The fourth-order valence-electron chi connectivity index (χ4n) is 4.53. The van der Waals surface area contributed by atoms with E-state index in [1.807, 2.05) is 49.6 Å². The Balaban J connectivity index is 0.000000395. The Morgan fingerprint density at radius 2 is 1.69 bits per heavy atom. The number of carbonyl (C=O) groups is 2. The summed E-state index contributed by atoms with van der Waals surface area (Å²) >= 11 is 1.40. The number of aromatic nitrogens is 1. The highest BCUT2D eigenvalue weighted by Crippen LogP contribution is 2.41. The Kier molecular flexibility index (Phi) is 10.2. The number of nitro benzene ring substituents is 1. The van der Waals surface area contributed by atoms with Crippen molar-refractivity contribution in [2.24, 2.45) is 5.92 Å². The van der Waals surface area contributed by atoms with Crippen LogP contribution in [0, 0.1) is 16.0 Å². The zero-order valence-corrected chi connectivity index (χ0v) is 23.1. The Hall–Kier alpha value is -4.25. The van der Waals surface area contributed by atoms with E-state index in [0.29, 0.717) is 16.4 Å². The van der Waals surface area contributed by atoms with E-state index in [0.717, 1.165) is 5.56 Å². The number of hydrogen-bond donors (Lipinski definition) is 2. The molecule has 3 unspecified atom stereocenters. The number of ether oxygens (including phenoxy) is 2. The summed E-state index contributed by atoms with van der Waals surface area (Å²) in [4.78, 5) is 40.0. The summed E-state index contributed by atoms with van der Waals surface area (Å²) in [6.45, 7) is 7.77. The lowest BCUT2D eigenvalue weighted by molar-refractivity contribution is -0.384. The van der Waals surface area contributed by atoms with Crippen LogP contribution in [-0.4, -0.2) is 41.1 Å². The number of thiazole rings is 1. The van der Waals surface area contributed by atoms with Crippen LogP contribution < -0.4 is 10.6 Å². The Morgan fingerprint density at radius 3 is 2.21 bits per heavy atom. The van der Waals surface area contributed by atoms with Crippen molar-refractivity contribution in [1.82, 2.24) is 10.3 Å². The molecule has 0 saturated carbocycles. The van der Waals surface area contributed by atoms with Gasteiger partial charge < -0.3 is 20.1 Å². The van der Waals surface area contributed by atoms with Crippen LogP contribution in [0.5, 0.6) is 0 Å². The third kappa shape index (κ3) is 6.99. The molecule has 1 aromatic heterocycles. The molecule has 39 heavy (non-hydrogen) atoms. The maximum absolute atomic E-state index is 13.3. The van der Waals surface area contributed by atoms with Crippen LogP contribution >= 0.6 is 11.3 Å². The van der Waals surface area contributed by atoms with Gasteiger partial charge in [0.1, 0.15) is 5.92 Å². The van der Waals surface area contributed by atoms with Gasteiger partial charge in [-0.2, -0.15) is 0 Å². The maximum atomic E-state index is 13.3. The molecular weight excluding hydrogens is 520 g/mol. The molecule has 0 aliphatic carbocycles. The molecule has 2 heterocycles. The number of non-ortho nitro benzene ring substituents is 1. The number of benzene rings is 2. The van der Waals surface area contributed by atoms with E-state index in [1.165, 1.54) is 23.5 Å². The smallest absolute Gasteiger partial charge is 0.337 e. The quantitative estimate of drug-likeness (QED) is 0.224. The molecule has 3 atom stereocenters. The molecule has 0 saturated heterocycles. The molecule has 10 nitrogen and oxygen atoms in total. The molecule has 1 aliphatic heterocycles. The number of nitro groups is 1. The minimum absolute atomic E-state index is 0.137. The molecule has 4 rings (SSSR count). The Labute approximate surface area is 231 Å². The average molecular weight is 553 g/mol. The van der Waals surface area contributed by atoms with E-state index in [2.05, 4.69) is 15.6 Å². The van der Waals surface area contributed by atoms with Crippen LogP contribution in [0.4, 0.5) is 10.8 Å². The zero-order chi connectivity index (χ0) is 28.4. The van der Waals surface area contributed by atoms with Gasteiger partial charge in [0.05, 0.1) is 35.3 Å². The molecular formula is C28H32N4O6S. The van der Waals surface area contributed by atoms with Crippen LogP contribution in [0.2, 0.25) is 0 Å². The lowest BCUT2D eigenvalue weighted by Gasteiger charge is -2.47. The van der Waals surface area contributed by atoms with Crippen LogP contribution in [-0.2, 0) is 24.6 Å². The molecule has 206 valence electrons. The van der Waals surface area contributed by atoms with Crippen molar-refractivity contribution in [3.05, 3.63) is 99.2 Å². The highest BCUT2D eigenvalue weighted by atomic mass is 32.1. The van der Waals surface area contributed by atoms with Gasteiger partial charge in [-0.1, -0.05) is 48.5 Å². The number of anilines is 1. The van der Waals surface area contributed by atoms with Crippen molar-refractivity contribution in [2.45, 2.75) is 39.3 Å². The SMILES string of the molecule is CCOC(=O)C1=C(C)NC(C)(c2ccccc2)C(C(=O)OCC)C1Nc1nccs1.O=[N+]([O-])c1ccccc1. The molecule has 0 radical (unpaired) electrons. The number of carbonyl (C=O) groups excluding carboxylic acids is 2. The third-order valence-corrected chi connectivity index (χ3v) is 6.91. The summed E-state index contributed by atoms with van der Waals surface area (Å²) in [6.07, 6.45) is 1.67. The van der Waals surface area contributed by atoms with E-state index >= 15 is 0 Å². The van der Waals surface area contributed by atoms with E-state index in [1.54, 1.807) is 38.2 Å². The molecule has 0 amide bonds. The van der Waals surface area contributed by atoms with E-state index in [-0.39, 0.29) is 18.9 Å². The summed E-state index contributed by atoms with van der Waals surface area (Å²) in [5, 5.41) is 19.2. The van der Waals surface area contributed by atoms with Gasteiger partial charge in [0.2, 0.25) is 0 Å². The predicted octanol–water partition coefficient (Wildman–Crippen LogP) is 5.05. The van der Waals surface area contributed by atoms with Gasteiger partial charge in [-0.05, 0) is 33.3 Å². The first-order valence-corrected chi connectivity index (χ1v) is 13.3. The lowest BCUT2D eigenvalue weighted by Crippen LogP contribution is -2.60. The number of nitrogens with one attached hydrogen (secondary N) is 2. The number of esters is 2. The summed E-state index contributed by atoms with van der Waals surface area (Å²) in [5.74, 6) is -1.62. The van der Waals surface area contributed by atoms with Crippen molar-refractivity contribution < 1.29 is 24.0 Å². The molecule has 2 N–H and O–H groups in total. The minimum atomic E-state index is -0.817. The number of nitrogens with zero attached hydrogens (tertiary/aromatic N) is 2. The fourth-order valence-corrected chi connectivity index (χ4v) is 5.10. The molecule has 1 aliphatic rings. The predicted molar refractivity (Wildman–Crippen MR) is 149 cm³/mol. The van der Waals surface area contributed by atoms with E-state index in [4.69, 9.17) is 9.47 Å². The normalized spacial score (nSPS) is 20.1. The van der Waals surface area contributed by atoms with Crippen LogP contribution in [0.15, 0.2) is 83.5 Å². The minimum Gasteiger partial charge on any atom is -0.466 e. The first-order valence-electron chi connectivity index (χ1n) is 12.5. The molecule has 0 spiro atoms. The summed E-state index contributed by atoms with van der Waals surface area (Å²) in [7, 11) is 0. The standard InChI is InChI=1S/C22H27N3O4S.C6H5NO2/c1-5-28-19(26)16-14(3)25-22(4,15-10-8-7-9-11-15)17(20(27)29-6-2)18(16)24-21-23-12-13-30-21;8-7(9)6-4-2-1-3-5-6/h7-13,17-18,25H,5-6H2,1-4H3,(H,23,24);1-5H. The van der Waals surface area contributed by atoms with Crippen molar-refractivity contribution in [1.29, 1.82) is 0 Å². The van der Waals surface area contributed by atoms with Crippen molar-refractivity contribution in [3.63, 3.8) is 0 Å². The summed E-state index contributed by atoms with van der Waals surface area (Å²) in [6, 6.07) is 16.9. The maximum Gasteiger partial charge on any atom is 0.337 e. The fraction of sp³-hybridized carbons (Fsp3) is 0.321. The van der Waals surface area contributed by atoms with Gasteiger partial charge in [0.15, 0.2) is 5.13 Å². The number of hydrogen-bond acceptors (Lipinski definition) is 10. The molecule has 0 bridgehead atoms. The summed E-state index contributed by atoms with van der Waals surface area (Å²) in [5.41, 5.74) is 1.25. The Morgan fingerprint density at radius 1 is 1.08 bits per heavy atom. The van der Waals surface area contributed by atoms with Crippen LogP contribution in [0.3, 0.4) is 0 Å². The molecule has 2 aromatic carbocycles. The van der Waals surface area contributed by atoms with Crippen molar-refractivity contribution >= 4 is 34.1 Å². The first kappa shape index (κ1) is 29.3. The first-order chi connectivity index (χ1) is 18.7. The van der Waals surface area contributed by atoms with Gasteiger partial charge in [-0.25, -0.2) is 9.78 Å². The average Bonchev–Trinajstić information content (AvgIpc) is 3.43. The highest BCUT2D eigenvalue weighted by molar-refractivity contribution is 7.13. The second-order valence-electron chi connectivity index (χ2n) is 8.73. The topological polar surface area (TPSA) is 133 Å². The molecule has 11 heteroatoms. The summed E-state index contributed by atoms with van der Waals surface area (Å²) < 4.78 is 10.8. The van der Waals surface area contributed by atoms with Gasteiger partial charge in [-0.3, -0.25) is 14.9 Å².